The van der Waals surface area contributed by atoms with Crippen LogP contribution in [-0.4, -0.2) is 18.8 Å². The second-order valence-electron chi connectivity index (χ2n) is 14.4. The number of hydrogen-bond acceptors (Lipinski definition) is 3. The molecule has 5 heterocycles. The van der Waals surface area contributed by atoms with Crippen molar-refractivity contribution in [2.75, 3.05) is 0 Å². The highest BCUT2D eigenvalue weighted by molar-refractivity contribution is 6.89. The summed E-state index contributed by atoms with van der Waals surface area (Å²) in [6.07, 6.45) is 10.4. The summed E-state index contributed by atoms with van der Waals surface area (Å²) in [7, 11) is -1.57. The fourth-order valence-corrected chi connectivity index (χ4v) is 10.2. The standard InChI is InChI=1S/C39H42N3OSi/c1-23-15-18-33-32-20-17-26-16-19-28-27-11-7-9-13-30(27)37-31-14-10-8-12-29(31)35(44(4,5)6)22-42(37)34(28)21-24(2)40-25(3)36(26)38(32)43-39(33)41-23/h7,9,11,13,15,17-18,20,22,28,34H,2,8,10,12,14,16,19,21H2,1,3-6H3/q+1/b40-25-. The van der Waals surface area contributed by atoms with Crippen LogP contribution in [0.3, 0.4) is 0 Å². The highest BCUT2D eigenvalue weighted by Gasteiger charge is 2.44. The number of nitrogens with zero attached hydrogens (tertiary/aromatic N) is 3. The zero-order valence-electron chi connectivity index (χ0n) is 26.8. The minimum Gasteiger partial charge on any atom is -0.437 e. The maximum absolute atomic E-state index is 6.49. The number of aromatic nitrogens is 2. The Bertz CT molecular complexity index is 2040. The van der Waals surface area contributed by atoms with Crippen LogP contribution in [-0.2, 0) is 19.3 Å². The van der Waals surface area contributed by atoms with Crippen molar-refractivity contribution in [2.24, 2.45) is 4.99 Å². The number of pyridine rings is 2. The van der Waals surface area contributed by atoms with Gasteiger partial charge in [0, 0.05) is 50.1 Å². The summed E-state index contributed by atoms with van der Waals surface area (Å²) < 4.78 is 9.20. The highest BCUT2D eigenvalue weighted by atomic mass is 28.3. The van der Waals surface area contributed by atoms with E-state index < -0.39 is 8.07 Å². The molecule has 222 valence electrons. The molecule has 44 heavy (non-hydrogen) atoms. The molecular formula is C39H42N3OSi+. The molecule has 0 spiro atoms. The first-order valence-corrected chi connectivity index (χ1v) is 19.9. The third-order valence-electron chi connectivity index (χ3n) is 10.4. The van der Waals surface area contributed by atoms with E-state index in [1.54, 1.807) is 16.3 Å². The van der Waals surface area contributed by atoms with Crippen LogP contribution in [0.4, 0.5) is 0 Å². The molecule has 2 aromatic carbocycles. The lowest BCUT2D eigenvalue weighted by atomic mass is 9.75. The summed E-state index contributed by atoms with van der Waals surface area (Å²) in [5.41, 5.74) is 14.6. The molecule has 2 unspecified atom stereocenters. The third kappa shape index (κ3) is 4.27. The molecule has 3 aliphatic rings. The van der Waals surface area contributed by atoms with Gasteiger partial charge in [0.05, 0.1) is 20.1 Å². The molecule has 0 saturated carbocycles. The van der Waals surface area contributed by atoms with Gasteiger partial charge >= 0.3 is 0 Å². The second-order valence-corrected chi connectivity index (χ2v) is 19.4. The first kappa shape index (κ1) is 27.7. The number of rotatable bonds is 1. The molecule has 8 rings (SSSR count). The van der Waals surface area contributed by atoms with E-state index in [9.17, 15) is 0 Å². The number of fused-ring (bicyclic) bond motifs is 13. The van der Waals surface area contributed by atoms with E-state index in [4.69, 9.17) is 14.4 Å². The molecule has 0 amide bonds. The largest absolute Gasteiger partial charge is 0.437 e. The van der Waals surface area contributed by atoms with Gasteiger partial charge in [-0.25, -0.2) is 4.98 Å². The van der Waals surface area contributed by atoms with Crippen LogP contribution >= 0.6 is 0 Å². The van der Waals surface area contributed by atoms with Crippen LogP contribution in [0.1, 0.15) is 78.1 Å². The number of benzene rings is 2. The Kier molecular flexibility index (Phi) is 6.36. The Balaban J connectivity index is 1.33. The summed E-state index contributed by atoms with van der Waals surface area (Å²) in [5, 5.41) is 3.82. The third-order valence-corrected chi connectivity index (χ3v) is 12.5. The van der Waals surface area contributed by atoms with E-state index in [2.05, 4.69) is 92.4 Å². The quantitative estimate of drug-likeness (QED) is 0.144. The number of aliphatic imine (C=N–C) groups is 1. The fraction of sp³-hybridized carbons (Fsp3) is 0.359. The predicted molar refractivity (Wildman–Crippen MR) is 184 cm³/mol. The van der Waals surface area contributed by atoms with E-state index in [0.717, 1.165) is 58.3 Å². The second kappa shape index (κ2) is 10.1. The van der Waals surface area contributed by atoms with Gasteiger partial charge in [0.15, 0.2) is 12.2 Å². The van der Waals surface area contributed by atoms with Gasteiger partial charge in [-0.1, -0.05) is 56.6 Å². The molecular weight excluding hydrogens is 555 g/mol. The van der Waals surface area contributed by atoms with Crippen molar-refractivity contribution < 1.29 is 8.98 Å². The van der Waals surface area contributed by atoms with E-state index in [0.29, 0.717) is 11.6 Å². The van der Waals surface area contributed by atoms with Gasteiger partial charge in [-0.15, -0.1) is 0 Å². The highest BCUT2D eigenvalue weighted by Crippen LogP contribution is 2.46. The molecule has 0 fully saturated rings. The zero-order valence-corrected chi connectivity index (χ0v) is 27.8. The maximum Gasteiger partial charge on any atom is 0.227 e. The monoisotopic (exact) mass is 596 g/mol. The lowest BCUT2D eigenvalue weighted by Gasteiger charge is -2.35. The fourth-order valence-electron chi connectivity index (χ4n) is 8.49. The van der Waals surface area contributed by atoms with Crippen molar-refractivity contribution in [1.29, 1.82) is 0 Å². The number of aryl methyl sites for hydroxylation is 2. The summed E-state index contributed by atoms with van der Waals surface area (Å²) in [4.78, 5) is 9.94. The van der Waals surface area contributed by atoms with E-state index in [-0.39, 0.29) is 6.04 Å². The normalized spacial score (nSPS) is 21.1. The van der Waals surface area contributed by atoms with Crippen LogP contribution in [0.2, 0.25) is 19.6 Å². The molecule has 0 radical (unpaired) electrons. The van der Waals surface area contributed by atoms with Gasteiger partial charge < -0.3 is 4.42 Å². The molecule has 0 N–H and O–H groups in total. The SMILES string of the molecule is C=C1CC2C(CCc3ccc4c(oc5nc(C)ccc54)c3/C(C)=N\1)c1ccccc1-c1c3c(c([Si](C)(C)C)c[n+]12)CCCC3. The average molecular weight is 597 g/mol. The smallest absolute Gasteiger partial charge is 0.227 e. The molecule has 0 bridgehead atoms. The first-order valence-electron chi connectivity index (χ1n) is 16.4. The van der Waals surface area contributed by atoms with Crippen molar-refractivity contribution in [2.45, 2.75) is 90.4 Å². The molecule has 5 heteroatoms. The van der Waals surface area contributed by atoms with Crippen molar-refractivity contribution in [3.05, 3.63) is 101 Å². The first-order chi connectivity index (χ1) is 21.2. The van der Waals surface area contributed by atoms with E-state index in [1.165, 1.54) is 48.1 Å². The minimum atomic E-state index is -1.57. The van der Waals surface area contributed by atoms with Crippen LogP contribution in [0.5, 0.6) is 0 Å². The van der Waals surface area contributed by atoms with Gasteiger partial charge in [-0.2, -0.15) is 4.57 Å². The van der Waals surface area contributed by atoms with Crippen LogP contribution in [0, 0.1) is 6.92 Å². The lowest BCUT2D eigenvalue weighted by Crippen LogP contribution is -2.55. The Labute approximate surface area is 261 Å². The summed E-state index contributed by atoms with van der Waals surface area (Å²) >= 11 is 0. The Morgan fingerprint density at radius 2 is 1.68 bits per heavy atom. The van der Waals surface area contributed by atoms with Crippen molar-refractivity contribution in [3.63, 3.8) is 0 Å². The Morgan fingerprint density at radius 1 is 0.909 bits per heavy atom. The molecule has 0 saturated heterocycles. The summed E-state index contributed by atoms with van der Waals surface area (Å²) in [5.74, 6) is 0.369. The number of furan rings is 1. The van der Waals surface area contributed by atoms with Gasteiger partial charge in [-0.05, 0) is 87.3 Å². The molecule has 2 aliphatic heterocycles. The predicted octanol–water partition coefficient (Wildman–Crippen LogP) is 8.67. The van der Waals surface area contributed by atoms with Crippen LogP contribution in [0.15, 0.2) is 76.4 Å². The lowest BCUT2D eigenvalue weighted by molar-refractivity contribution is -0.717. The molecule has 5 aromatic rings. The number of hydrogen-bond donors (Lipinski definition) is 0. The minimum absolute atomic E-state index is 0.287. The van der Waals surface area contributed by atoms with Gasteiger partial charge in [-0.3, -0.25) is 4.99 Å². The van der Waals surface area contributed by atoms with Gasteiger partial charge in [0.1, 0.15) is 5.58 Å². The Hall–Kier alpha value is -3.83. The maximum atomic E-state index is 6.49. The van der Waals surface area contributed by atoms with Gasteiger partial charge in [0.2, 0.25) is 11.4 Å². The number of allylic oxidation sites excluding steroid dienone is 1. The summed E-state index contributed by atoms with van der Waals surface area (Å²) in [6, 6.07) is 18.3. The van der Waals surface area contributed by atoms with Crippen LogP contribution in [0.25, 0.3) is 33.3 Å². The van der Waals surface area contributed by atoms with Crippen molar-refractivity contribution in [1.82, 2.24) is 4.98 Å². The van der Waals surface area contributed by atoms with Crippen molar-refractivity contribution >= 4 is 41.0 Å². The van der Waals surface area contributed by atoms with E-state index in [1.807, 2.05) is 6.92 Å². The average Bonchev–Trinajstić information content (AvgIpc) is 3.36. The Morgan fingerprint density at radius 3 is 2.50 bits per heavy atom. The molecule has 1 aliphatic carbocycles. The topological polar surface area (TPSA) is 42.3 Å². The molecule has 2 atom stereocenters. The van der Waals surface area contributed by atoms with Gasteiger partial charge in [0.25, 0.3) is 0 Å². The van der Waals surface area contributed by atoms with Crippen molar-refractivity contribution in [3.8, 4) is 11.3 Å². The summed E-state index contributed by atoms with van der Waals surface area (Å²) in [6.45, 7) is 16.3. The molecule has 4 nitrogen and oxygen atoms in total. The zero-order chi connectivity index (χ0) is 30.3. The van der Waals surface area contributed by atoms with Crippen LogP contribution < -0.4 is 9.75 Å². The van der Waals surface area contributed by atoms with E-state index >= 15 is 0 Å². The molecule has 3 aromatic heterocycles.